The Bertz CT molecular complexity index is 303. The number of imidazole rings is 1. The van der Waals surface area contributed by atoms with E-state index in [9.17, 15) is 0 Å². The first-order chi connectivity index (χ1) is 5.59. The van der Waals surface area contributed by atoms with Crippen molar-refractivity contribution in [3.63, 3.8) is 0 Å². The number of aromatic amines is 1. The molecule has 0 amide bonds. The van der Waals surface area contributed by atoms with Crippen molar-refractivity contribution in [2.24, 2.45) is 0 Å². The molecule has 0 saturated heterocycles. The SMILES string of the molecule is CC1(C)NCCc2[nH]c(Cl)nc21. The average molecular weight is 186 g/mol. The molecule has 0 fully saturated rings. The van der Waals surface area contributed by atoms with E-state index in [-0.39, 0.29) is 5.54 Å². The first-order valence-corrected chi connectivity index (χ1v) is 4.47. The molecule has 2 rings (SSSR count). The number of H-pyrrole nitrogens is 1. The average Bonchev–Trinajstić information content (AvgIpc) is 2.30. The highest BCUT2D eigenvalue weighted by Crippen LogP contribution is 2.26. The summed E-state index contributed by atoms with van der Waals surface area (Å²) in [5.41, 5.74) is 2.18. The van der Waals surface area contributed by atoms with Gasteiger partial charge in [-0.05, 0) is 25.4 Å². The summed E-state index contributed by atoms with van der Waals surface area (Å²) in [4.78, 5) is 7.32. The van der Waals surface area contributed by atoms with Gasteiger partial charge in [0.2, 0.25) is 5.28 Å². The molecule has 0 saturated carbocycles. The Morgan fingerprint density at radius 3 is 2.92 bits per heavy atom. The number of hydrogen-bond acceptors (Lipinski definition) is 2. The van der Waals surface area contributed by atoms with Crippen molar-refractivity contribution in [3.05, 3.63) is 16.7 Å². The molecular weight excluding hydrogens is 174 g/mol. The van der Waals surface area contributed by atoms with Crippen molar-refractivity contribution in [1.82, 2.24) is 15.3 Å². The summed E-state index contributed by atoms with van der Waals surface area (Å²) in [6.45, 7) is 5.21. The highest BCUT2D eigenvalue weighted by molar-refractivity contribution is 6.28. The highest BCUT2D eigenvalue weighted by atomic mass is 35.5. The standard InChI is InChI=1S/C8H12ClN3/c1-8(2)6-5(3-4-10-8)11-7(9)12-6/h10H,3-4H2,1-2H3,(H,11,12). The molecule has 4 heteroatoms. The van der Waals surface area contributed by atoms with Crippen LogP contribution in [0, 0.1) is 0 Å². The van der Waals surface area contributed by atoms with Gasteiger partial charge in [-0.1, -0.05) is 0 Å². The van der Waals surface area contributed by atoms with Gasteiger partial charge in [0, 0.05) is 18.7 Å². The second-order valence-corrected chi connectivity index (χ2v) is 4.01. The molecule has 0 unspecified atom stereocenters. The first-order valence-electron chi connectivity index (χ1n) is 4.09. The van der Waals surface area contributed by atoms with Gasteiger partial charge in [0.25, 0.3) is 0 Å². The van der Waals surface area contributed by atoms with Gasteiger partial charge in [0.15, 0.2) is 0 Å². The van der Waals surface area contributed by atoms with Crippen molar-refractivity contribution in [3.8, 4) is 0 Å². The molecule has 3 nitrogen and oxygen atoms in total. The van der Waals surface area contributed by atoms with Crippen LogP contribution in [0.4, 0.5) is 0 Å². The van der Waals surface area contributed by atoms with Crippen molar-refractivity contribution in [1.29, 1.82) is 0 Å². The lowest BCUT2D eigenvalue weighted by atomic mass is 9.94. The van der Waals surface area contributed by atoms with Gasteiger partial charge in [-0.25, -0.2) is 4.98 Å². The third-order valence-electron chi connectivity index (χ3n) is 2.28. The third-order valence-corrected chi connectivity index (χ3v) is 2.46. The van der Waals surface area contributed by atoms with Crippen molar-refractivity contribution >= 4 is 11.6 Å². The molecule has 0 aromatic carbocycles. The number of halogens is 1. The number of rotatable bonds is 0. The van der Waals surface area contributed by atoms with Gasteiger partial charge in [-0.2, -0.15) is 0 Å². The molecule has 0 bridgehead atoms. The molecule has 66 valence electrons. The van der Waals surface area contributed by atoms with E-state index >= 15 is 0 Å². The maximum Gasteiger partial charge on any atom is 0.200 e. The summed E-state index contributed by atoms with van der Waals surface area (Å²) in [6.07, 6.45) is 0.985. The maximum atomic E-state index is 5.78. The summed E-state index contributed by atoms with van der Waals surface area (Å²) in [7, 11) is 0. The van der Waals surface area contributed by atoms with Gasteiger partial charge in [0.1, 0.15) is 0 Å². The van der Waals surface area contributed by atoms with E-state index in [1.807, 2.05) is 0 Å². The minimum atomic E-state index is -0.0444. The highest BCUT2D eigenvalue weighted by Gasteiger charge is 2.29. The molecule has 0 spiro atoms. The van der Waals surface area contributed by atoms with Crippen LogP contribution in [0.5, 0.6) is 0 Å². The van der Waals surface area contributed by atoms with Gasteiger partial charge in [-0.3, -0.25) is 0 Å². The van der Waals surface area contributed by atoms with Gasteiger partial charge in [0.05, 0.1) is 11.2 Å². The van der Waals surface area contributed by atoms with Gasteiger partial charge in [-0.15, -0.1) is 0 Å². The van der Waals surface area contributed by atoms with E-state index in [4.69, 9.17) is 11.6 Å². The van der Waals surface area contributed by atoms with Gasteiger partial charge >= 0.3 is 0 Å². The fraction of sp³-hybridized carbons (Fsp3) is 0.625. The monoisotopic (exact) mass is 185 g/mol. The van der Waals surface area contributed by atoms with Crippen LogP contribution in [0.1, 0.15) is 25.2 Å². The second-order valence-electron chi connectivity index (χ2n) is 3.66. The summed E-state index contributed by atoms with van der Waals surface area (Å²) in [5.74, 6) is 0. The predicted molar refractivity (Wildman–Crippen MR) is 48.3 cm³/mol. The van der Waals surface area contributed by atoms with E-state index in [1.165, 1.54) is 5.69 Å². The molecule has 1 aromatic heterocycles. The van der Waals surface area contributed by atoms with E-state index in [0.29, 0.717) is 5.28 Å². The van der Waals surface area contributed by atoms with Gasteiger partial charge < -0.3 is 10.3 Å². The minimum Gasteiger partial charge on any atom is -0.332 e. The summed E-state index contributed by atoms with van der Waals surface area (Å²) in [6, 6.07) is 0. The molecular formula is C8H12ClN3. The van der Waals surface area contributed by atoms with Crippen LogP contribution < -0.4 is 5.32 Å². The van der Waals surface area contributed by atoms with Crippen LogP contribution in [0.2, 0.25) is 5.28 Å². The van der Waals surface area contributed by atoms with E-state index in [2.05, 4.69) is 29.1 Å². The zero-order valence-electron chi connectivity index (χ0n) is 7.24. The Morgan fingerprint density at radius 1 is 1.50 bits per heavy atom. The van der Waals surface area contributed by atoms with Crippen LogP contribution >= 0.6 is 11.6 Å². The normalized spacial score (nSPS) is 20.6. The van der Waals surface area contributed by atoms with Crippen LogP contribution in [-0.4, -0.2) is 16.5 Å². The summed E-state index contributed by atoms with van der Waals surface area (Å²) in [5, 5.41) is 3.88. The first kappa shape index (κ1) is 8.08. The molecule has 1 aliphatic rings. The predicted octanol–water partition coefficient (Wildman–Crippen LogP) is 1.44. The number of nitrogens with one attached hydrogen (secondary N) is 2. The lowest BCUT2D eigenvalue weighted by molar-refractivity contribution is 0.371. The Labute approximate surface area is 76.5 Å². The fourth-order valence-electron chi connectivity index (χ4n) is 1.66. The number of aromatic nitrogens is 2. The Hall–Kier alpha value is -0.540. The molecule has 12 heavy (non-hydrogen) atoms. The molecule has 1 aliphatic heterocycles. The molecule has 2 heterocycles. The molecule has 0 atom stereocenters. The topological polar surface area (TPSA) is 40.7 Å². The van der Waals surface area contributed by atoms with Crippen LogP contribution in [0.15, 0.2) is 0 Å². The largest absolute Gasteiger partial charge is 0.332 e. The van der Waals surface area contributed by atoms with E-state index in [0.717, 1.165) is 18.7 Å². The third kappa shape index (κ3) is 1.13. The van der Waals surface area contributed by atoms with Crippen LogP contribution in [0.25, 0.3) is 0 Å². The lowest BCUT2D eigenvalue weighted by Crippen LogP contribution is -2.42. The van der Waals surface area contributed by atoms with Crippen LogP contribution in [0.3, 0.4) is 0 Å². The number of fused-ring (bicyclic) bond motifs is 1. The van der Waals surface area contributed by atoms with Crippen molar-refractivity contribution in [2.75, 3.05) is 6.54 Å². The zero-order chi connectivity index (χ0) is 8.77. The molecule has 0 radical (unpaired) electrons. The maximum absolute atomic E-state index is 5.78. The number of nitrogens with zero attached hydrogens (tertiary/aromatic N) is 1. The fourth-order valence-corrected chi connectivity index (χ4v) is 1.86. The Morgan fingerprint density at radius 2 is 2.25 bits per heavy atom. The van der Waals surface area contributed by atoms with E-state index in [1.54, 1.807) is 0 Å². The molecule has 0 aliphatic carbocycles. The minimum absolute atomic E-state index is 0.0444. The lowest BCUT2D eigenvalue weighted by Gasteiger charge is -2.29. The number of hydrogen-bond donors (Lipinski definition) is 2. The zero-order valence-corrected chi connectivity index (χ0v) is 8.00. The molecule has 1 aromatic rings. The molecule has 2 N–H and O–H groups in total. The second kappa shape index (κ2) is 2.47. The van der Waals surface area contributed by atoms with E-state index < -0.39 is 0 Å². The smallest absolute Gasteiger partial charge is 0.200 e. The quantitative estimate of drug-likeness (QED) is 0.642. The Balaban J connectivity index is 2.51. The summed E-state index contributed by atoms with van der Waals surface area (Å²) < 4.78 is 0. The Kier molecular flexibility index (Phi) is 1.66. The van der Waals surface area contributed by atoms with Crippen molar-refractivity contribution < 1.29 is 0 Å². The summed E-state index contributed by atoms with van der Waals surface area (Å²) >= 11 is 5.78. The van der Waals surface area contributed by atoms with Crippen LogP contribution in [-0.2, 0) is 12.0 Å². The van der Waals surface area contributed by atoms with Crippen molar-refractivity contribution in [2.45, 2.75) is 25.8 Å².